The van der Waals surface area contributed by atoms with Gasteiger partial charge in [0.05, 0.1) is 18.7 Å². The van der Waals surface area contributed by atoms with Crippen LogP contribution in [-0.2, 0) is 13.0 Å². The van der Waals surface area contributed by atoms with Crippen LogP contribution in [0.5, 0.6) is 11.5 Å². The molecular formula is C25H28ClNO3. The Balaban J connectivity index is 1.82. The van der Waals surface area contributed by atoms with E-state index in [0.29, 0.717) is 29.7 Å². The quantitative estimate of drug-likeness (QED) is 0.475. The van der Waals surface area contributed by atoms with Crippen LogP contribution in [0.25, 0.3) is 0 Å². The Morgan fingerprint density at radius 2 is 1.60 bits per heavy atom. The number of aliphatic hydroxyl groups is 1. The first-order chi connectivity index (χ1) is 14.6. The smallest absolute Gasteiger partial charge is 0.180 e. The molecule has 1 unspecified atom stereocenters. The summed E-state index contributed by atoms with van der Waals surface area (Å²) in [5, 5.41) is 10.1. The van der Waals surface area contributed by atoms with Gasteiger partial charge in [0.25, 0.3) is 0 Å². The Bertz CT molecular complexity index is 918. The number of ether oxygens (including phenoxy) is 2. The first-order valence-electron chi connectivity index (χ1n) is 10.1. The fraction of sp³-hybridized carbons (Fsp3) is 0.280. The second-order valence-corrected chi connectivity index (χ2v) is 7.60. The van der Waals surface area contributed by atoms with Crippen LogP contribution in [0.15, 0.2) is 72.8 Å². The Kier molecular flexibility index (Phi) is 8.00. The van der Waals surface area contributed by atoms with Gasteiger partial charge in [-0.15, -0.1) is 0 Å². The van der Waals surface area contributed by atoms with E-state index in [2.05, 4.69) is 24.0 Å². The van der Waals surface area contributed by atoms with E-state index in [9.17, 15) is 5.11 Å². The monoisotopic (exact) mass is 425 g/mol. The number of hydrogen-bond donors (Lipinski definition) is 1. The molecule has 0 fully saturated rings. The van der Waals surface area contributed by atoms with Gasteiger partial charge in [0.1, 0.15) is 6.61 Å². The van der Waals surface area contributed by atoms with Gasteiger partial charge in [-0.05, 0) is 30.5 Å². The van der Waals surface area contributed by atoms with Gasteiger partial charge in [-0.3, -0.25) is 0 Å². The minimum absolute atomic E-state index is 0.0469. The number of halogens is 1. The third-order valence-electron chi connectivity index (χ3n) is 5.02. The molecule has 0 saturated carbocycles. The summed E-state index contributed by atoms with van der Waals surface area (Å²) in [6.07, 6.45) is 0.854. The lowest BCUT2D eigenvalue weighted by Crippen LogP contribution is -2.37. The highest BCUT2D eigenvalue weighted by molar-refractivity contribution is 6.32. The van der Waals surface area contributed by atoms with Crippen LogP contribution in [0.2, 0.25) is 5.02 Å². The molecule has 3 aromatic rings. The van der Waals surface area contributed by atoms with Crippen LogP contribution in [0.4, 0.5) is 5.69 Å². The highest BCUT2D eigenvalue weighted by atomic mass is 35.5. The van der Waals surface area contributed by atoms with Gasteiger partial charge in [-0.25, -0.2) is 0 Å². The molecular weight excluding hydrogens is 398 g/mol. The fourth-order valence-electron chi connectivity index (χ4n) is 3.52. The van der Waals surface area contributed by atoms with Gasteiger partial charge in [0, 0.05) is 24.3 Å². The molecule has 0 heterocycles. The summed E-state index contributed by atoms with van der Waals surface area (Å²) in [6, 6.07) is 24.2. The topological polar surface area (TPSA) is 41.9 Å². The van der Waals surface area contributed by atoms with Gasteiger partial charge in [0.15, 0.2) is 11.5 Å². The van der Waals surface area contributed by atoms with Crippen molar-refractivity contribution in [2.45, 2.75) is 26.0 Å². The lowest BCUT2D eigenvalue weighted by molar-refractivity contribution is 0.284. The summed E-state index contributed by atoms with van der Waals surface area (Å²) in [4.78, 5) is 2.14. The summed E-state index contributed by atoms with van der Waals surface area (Å²) in [5.74, 6) is 1.09. The SMILES string of the molecule is COc1cc(N(CCO)C(C)Cc2ccccc2)cc(Cl)c1OCc1ccccc1. The van der Waals surface area contributed by atoms with Crippen molar-refractivity contribution in [3.63, 3.8) is 0 Å². The van der Waals surface area contributed by atoms with Crippen LogP contribution >= 0.6 is 11.6 Å². The average Bonchev–Trinajstić information content (AvgIpc) is 2.77. The van der Waals surface area contributed by atoms with Crippen molar-refractivity contribution in [3.05, 3.63) is 88.9 Å². The van der Waals surface area contributed by atoms with Crippen molar-refractivity contribution in [2.24, 2.45) is 0 Å². The number of nitrogens with zero attached hydrogens (tertiary/aromatic N) is 1. The second-order valence-electron chi connectivity index (χ2n) is 7.19. The summed E-state index contributed by atoms with van der Waals surface area (Å²) in [6.45, 7) is 3.09. The molecule has 0 aliphatic heterocycles. The summed E-state index contributed by atoms with van der Waals surface area (Å²) in [7, 11) is 1.61. The third-order valence-corrected chi connectivity index (χ3v) is 5.30. The zero-order valence-electron chi connectivity index (χ0n) is 17.4. The largest absolute Gasteiger partial charge is 0.493 e. The number of rotatable bonds is 10. The van der Waals surface area contributed by atoms with E-state index in [1.54, 1.807) is 7.11 Å². The molecule has 158 valence electrons. The van der Waals surface area contributed by atoms with Gasteiger partial charge < -0.3 is 19.5 Å². The summed E-state index contributed by atoms with van der Waals surface area (Å²) >= 11 is 6.59. The van der Waals surface area contributed by atoms with Gasteiger partial charge in [-0.2, -0.15) is 0 Å². The first-order valence-corrected chi connectivity index (χ1v) is 10.5. The highest BCUT2D eigenvalue weighted by Gasteiger charge is 2.20. The molecule has 3 rings (SSSR count). The van der Waals surface area contributed by atoms with Crippen LogP contribution in [0.3, 0.4) is 0 Å². The highest BCUT2D eigenvalue weighted by Crippen LogP contribution is 2.40. The van der Waals surface area contributed by atoms with Crippen molar-refractivity contribution < 1.29 is 14.6 Å². The molecule has 0 bridgehead atoms. The molecule has 0 aliphatic carbocycles. The molecule has 5 heteroatoms. The number of anilines is 1. The molecule has 1 N–H and O–H groups in total. The molecule has 4 nitrogen and oxygen atoms in total. The lowest BCUT2D eigenvalue weighted by Gasteiger charge is -2.32. The van der Waals surface area contributed by atoms with Crippen LogP contribution in [-0.4, -0.2) is 31.4 Å². The molecule has 0 aliphatic rings. The van der Waals surface area contributed by atoms with Gasteiger partial charge >= 0.3 is 0 Å². The van der Waals surface area contributed by atoms with E-state index in [0.717, 1.165) is 17.7 Å². The first kappa shape index (κ1) is 22.0. The summed E-state index contributed by atoms with van der Waals surface area (Å²) in [5.41, 5.74) is 3.19. The average molecular weight is 426 g/mol. The molecule has 3 aromatic carbocycles. The van der Waals surface area contributed by atoms with Crippen molar-refractivity contribution in [1.82, 2.24) is 0 Å². The second kappa shape index (κ2) is 10.9. The molecule has 30 heavy (non-hydrogen) atoms. The standard InChI is InChI=1S/C25H28ClNO3/c1-19(15-20-9-5-3-6-10-20)27(13-14-28)22-16-23(26)25(24(17-22)29-2)30-18-21-11-7-4-8-12-21/h3-12,16-17,19,28H,13-15,18H2,1-2H3. The van der Waals surface area contributed by atoms with E-state index < -0.39 is 0 Å². The van der Waals surface area contributed by atoms with E-state index in [4.69, 9.17) is 21.1 Å². The van der Waals surface area contributed by atoms with E-state index in [1.807, 2.05) is 60.7 Å². The predicted molar refractivity (Wildman–Crippen MR) is 123 cm³/mol. The van der Waals surface area contributed by atoms with Crippen LogP contribution in [0, 0.1) is 0 Å². The van der Waals surface area contributed by atoms with Crippen LogP contribution < -0.4 is 14.4 Å². The Hall–Kier alpha value is -2.69. The zero-order chi connectivity index (χ0) is 21.3. The Labute approximate surface area is 183 Å². The van der Waals surface area contributed by atoms with Gasteiger partial charge in [0.2, 0.25) is 0 Å². The predicted octanol–water partition coefficient (Wildman–Crippen LogP) is 5.36. The van der Waals surface area contributed by atoms with Crippen molar-refractivity contribution in [3.8, 4) is 11.5 Å². The maximum Gasteiger partial charge on any atom is 0.180 e. The molecule has 1 atom stereocenters. The molecule has 0 radical (unpaired) electrons. The molecule has 0 aromatic heterocycles. The minimum atomic E-state index is 0.0469. The zero-order valence-corrected chi connectivity index (χ0v) is 18.2. The lowest BCUT2D eigenvalue weighted by atomic mass is 10.1. The van der Waals surface area contributed by atoms with Crippen molar-refractivity contribution in [1.29, 1.82) is 0 Å². The molecule has 0 amide bonds. The maximum absolute atomic E-state index is 9.64. The molecule has 0 spiro atoms. The van der Waals surface area contributed by atoms with E-state index in [-0.39, 0.29) is 12.6 Å². The molecule has 0 saturated heterocycles. The summed E-state index contributed by atoms with van der Waals surface area (Å²) < 4.78 is 11.6. The number of hydrogen-bond acceptors (Lipinski definition) is 4. The minimum Gasteiger partial charge on any atom is -0.493 e. The normalized spacial score (nSPS) is 11.7. The van der Waals surface area contributed by atoms with Crippen molar-refractivity contribution >= 4 is 17.3 Å². The van der Waals surface area contributed by atoms with Crippen LogP contribution in [0.1, 0.15) is 18.1 Å². The van der Waals surface area contributed by atoms with E-state index in [1.165, 1.54) is 5.56 Å². The third kappa shape index (κ3) is 5.68. The Morgan fingerprint density at radius 1 is 0.967 bits per heavy atom. The van der Waals surface area contributed by atoms with E-state index >= 15 is 0 Å². The number of aliphatic hydroxyl groups excluding tert-OH is 1. The number of benzene rings is 3. The maximum atomic E-state index is 9.64. The number of methoxy groups -OCH3 is 1. The van der Waals surface area contributed by atoms with Gasteiger partial charge in [-0.1, -0.05) is 72.3 Å². The van der Waals surface area contributed by atoms with Crippen molar-refractivity contribution in [2.75, 3.05) is 25.2 Å². The fourth-order valence-corrected chi connectivity index (χ4v) is 3.78. The Morgan fingerprint density at radius 3 is 2.20 bits per heavy atom.